The number of amides is 1. The van der Waals surface area contributed by atoms with Crippen LogP contribution in [0.4, 0.5) is 0 Å². The normalized spacial score (nSPS) is 11.2. The zero-order chi connectivity index (χ0) is 15.5. The molecule has 0 aliphatic heterocycles. The van der Waals surface area contributed by atoms with Crippen LogP contribution in [-0.2, 0) is 4.79 Å². The minimum absolute atomic E-state index is 0.119. The van der Waals surface area contributed by atoms with E-state index in [1.807, 2.05) is 42.7 Å². The third-order valence-electron chi connectivity index (χ3n) is 3.13. The van der Waals surface area contributed by atoms with Crippen molar-refractivity contribution in [1.82, 2.24) is 24.4 Å². The zero-order valence-corrected chi connectivity index (χ0v) is 13.1. The van der Waals surface area contributed by atoms with Crippen LogP contribution in [0.3, 0.4) is 0 Å². The minimum atomic E-state index is -0.119. The number of carbonyl (C=O) groups excluding carboxylic acids is 1. The van der Waals surface area contributed by atoms with Crippen molar-refractivity contribution in [2.45, 2.75) is 25.0 Å². The van der Waals surface area contributed by atoms with Gasteiger partial charge in [0.15, 0.2) is 5.16 Å². The number of nitrogens with one attached hydrogen (secondary N) is 1. The van der Waals surface area contributed by atoms with E-state index in [1.165, 1.54) is 11.8 Å². The average molecular weight is 316 g/mol. The first-order valence-electron chi connectivity index (χ1n) is 6.89. The van der Waals surface area contributed by atoms with Crippen LogP contribution in [0.15, 0.2) is 42.1 Å². The molecule has 7 nitrogen and oxygen atoms in total. The summed E-state index contributed by atoms with van der Waals surface area (Å²) in [5.74, 6) is 0.143. The predicted molar refractivity (Wildman–Crippen MR) is 85.2 cm³/mol. The Morgan fingerprint density at radius 3 is 2.95 bits per heavy atom. The van der Waals surface area contributed by atoms with E-state index < -0.39 is 0 Å². The number of para-hydroxylation sites is 2. The summed E-state index contributed by atoms with van der Waals surface area (Å²) >= 11 is 1.36. The van der Waals surface area contributed by atoms with E-state index in [0.717, 1.165) is 16.2 Å². The molecule has 8 heteroatoms. The third kappa shape index (κ3) is 2.96. The average Bonchev–Trinajstić information content (AvgIpc) is 3.12. The molecule has 1 N–H and O–H groups in total. The van der Waals surface area contributed by atoms with E-state index in [9.17, 15) is 4.79 Å². The Kier molecular flexibility index (Phi) is 4.10. The molecule has 0 saturated heterocycles. The highest BCUT2D eigenvalue weighted by Crippen LogP contribution is 2.18. The first kappa shape index (κ1) is 14.6. The van der Waals surface area contributed by atoms with Crippen LogP contribution >= 0.6 is 11.8 Å². The lowest BCUT2D eigenvalue weighted by atomic mass is 10.3. The van der Waals surface area contributed by atoms with E-state index in [4.69, 9.17) is 0 Å². The standard InChI is InChI=1S/C14H16N6OS/c1-10(2)19-9-16-17-14(19)22-7-13(21)18-20-8-15-11-5-3-4-6-12(11)20/h3-6,8-10H,7H2,1-2H3,(H,18,21). The number of thioether (sulfide) groups is 1. The number of aromatic nitrogens is 5. The van der Waals surface area contributed by atoms with Crippen molar-refractivity contribution in [3.05, 3.63) is 36.9 Å². The molecule has 3 aromatic rings. The summed E-state index contributed by atoms with van der Waals surface area (Å²) in [6.07, 6.45) is 3.28. The van der Waals surface area contributed by atoms with E-state index >= 15 is 0 Å². The summed E-state index contributed by atoms with van der Waals surface area (Å²) in [6.45, 7) is 4.09. The Balaban J connectivity index is 1.64. The zero-order valence-electron chi connectivity index (χ0n) is 12.3. The number of rotatable bonds is 5. The third-order valence-corrected chi connectivity index (χ3v) is 4.08. The minimum Gasteiger partial charge on any atom is -0.306 e. The highest BCUT2D eigenvalue weighted by atomic mass is 32.2. The molecular formula is C14H16N6OS. The van der Waals surface area contributed by atoms with Crippen molar-refractivity contribution in [3.8, 4) is 0 Å². The molecule has 0 unspecified atom stereocenters. The van der Waals surface area contributed by atoms with Crippen molar-refractivity contribution >= 4 is 28.7 Å². The van der Waals surface area contributed by atoms with Crippen molar-refractivity contribution in [3.63, 3.8) is 0 Å². The SMILES string of the molecule is CC(C)n1cnnc1SCC(=O)Nn1cnc2ccccc21. The van der Waals surface area contributed by atoms with E-state index in [0.29, 0.717) is 0 Å². The maximum Gasteiger partial charge on any atom is 0.249 e. The van der Waals surface area contributed by atoms with Gasteiger partial charge in [-0.05, 0) is 26.0 Å². The molecule has 0 radical (unpaired) electrons. The topological polar surface area (TPSA) is 77.6 Å². The molecule has 0 aliphatic rings. The highest BCUT2D eigenvalue weighted by molar-refractivity contribution is 7.99. The maximum absolute atomic E-state index is 12.1. The molecule has 1 amide bonds. The Hall–Kier alpha value is -2.35. The summed E-state index contributed by atoms with van der Waals surface area (Å²) < 4.78 is 3.57. The molecule has 2 aromatic heterocycles. The summed E-state index contributed by atoms with van der Waals surface area (Å²) in [4.78, 5) is 16.3. The summed E-state index contributed by atoms with van der Waals surface area (Å²) in [5, 5.41) is 8.65. The number of carbonyl (C=O) groups is 1. The molecule has 22 heavy (non-hydrogen) atoms. The predicted octanol–water partition coefficient (Wildman–Crippen LogP) is 2.07. The lowest BCUT2D eigenvalue weighted by Gasteiger charge is -2.10. The number of nitrogens with zero attached hydrogens (tertiary/aromatic N) is 5. The number of fused-ring (bicyclic) bond motifs is 1. The first-order valence-corrected chi connectivity index (χ1v) is 7.88. The fourth-order valence-electron chi connectivity index (χ4n) is 2.03. The maximum atomic E-state index is 12.1. The molecule has 0 atom stereocenters. The second-order valence-electron chi connectivity index (χ2n) is 5.04. The van der Waals surface area contributed by atoms with Crippen LogP contribution in [0.5, 0.6) is 0 Å². The van der Waals surface area contributed by atoms with Gasteiger partial charge in [-0.2, -0.15) is 0 Å². The van der Waals surface area contributed by atoms with E-state index in [-0.39, 0.29) is 17.7 Å². The Bertz CT molecular complexity index is 793. The van der Waals surface area contributed by atoms with Crippen molar-refractivity contribution in [1.29, 1.82) is 0 Å². The molecule has 2 heterocycles. The monoisotopic (exact) mass is 316 g/mol. The van der Waals surface area contributed by atoms with Crippen LogP contribution in [-0.4, -0.2) is 36.1 Å². The fourth-order valence-corrected chi connectivity index (χ4v) is 2.87. The molecule has 0 aliphatic carbocycles. The van der Waals surface area contributed by atoms with Gasteiger partial charge in [-0.1, -0.05) is 23.9 Å². The first-order chi connectivity index (χ1) is 10.6. The summed E-state index contributed by atoms with van der Waals surface area (Å²) in [7, 11) is 0. The second-order valence-corrected chi connectivity index (χ2v) is 5.98. The Morgan fingerprint density at radius 1 is 1.32 bits per heavy atom. The molecular weight excluding hydrogens is 300 g/mol. The van der Waals surface area contributed by atoms with Crippen molar-refractivity contribution in [2.75, 3.05) is 11.2 Å². The number of hydrogen-bond acceptors (Lipinski definition) is 5. The van der Waals surface area contributed by atoms with Gasteiger partial charge in [-0.3, -0.25) is 10.2 Å². The molecule has 0 bridgehead atoms. The van der Waals surface area contributed by atoms with Crippen LogP contribution < -0.4 is 5.43 Å². The summed E-state index contributed by atoms with van der Waals surface area (Å²) in [5.41, 5.74) is 4.52. The van der Waals surface area contributed by atoms with Gasteiger partial charge in [0.2, 0.25) is 5.91 Å². The van der Waals surface area contributed by atoms with Gasteiger partial charge >= 0.3 is 0 Å². The van der Waals surface area contributed by atoms with Gasteiger partial charge < -0.3 is 4.57 Å². The molecule has 114 valence electrons. The van der Waals surface area contributed by atoms with Crippen LogP contribution in [0, 0.1) is 0 Å². The van der Waals surface area contributed by atoms with E-state index in [2.05, 4.69) is 20.6 Å². The highest BCUT2D eigenvalue weighted by Gasteiger charge is 2.11. The Labute approximate surface area is 131 Å². The van der Waals surface area contributed by atoms with Gasteiger partial charge in [-0.15, -0.1) is 10.2 Å². The van der Waals surface area contributed by atoms with Crippen LogP contribution in [0.25, 0.3) is 11.0 Å². The Morgan fingerprint density at radius 2 is 2.14 bits per heavy atom. The number of hydrogen-bond donors (Lipinski definition) is 1. The van der Waals surface area contributed by atoms with Crippen LogP contribution in [0.1, 0.15) is 19.9 Å². The van der Waals surface area contributed by atoms with E-state index in [1.54, 1.807) is 17.3 Å². The van der Waals surface area contributed by atoms with Gasteiger partial charge in [0.1, 0.15) is 12.7 Å². The quantitative estimate of drug-likeness (QED) is 0.729. The molecule has 1 aromatic carbocycles. The van der Waals surface area contributed by atoms with Gasteiger partial charge in [0, 0.05) is 6.04 Å². The molecule has 0 fully saturated rings. The number of benzene rings is 1. The lowest BCUT2D eigenvalue weighted by Crippen LogP contribution is -2.23. The van der Waals surface area contributed by atoms with Crippen molar-refractivity contribution < 1.29 is 4.79 Å². The van der Waals surface area contributed by atoms with Gasteiger partial charge in [0.05, 0.1) is 16.8 Å². The summed E-state index contributed by atoms with van der Waals surface area (Å²) in [6, 6.07) is 7.89. The molecule has 0 spiro atoms. The van der Waals surface area contributed by atoms with Crippen LogP contribution in [0.2, 0.25) is 0 Å². The lowest BCUT2D eigenvalue weighted by molar-refractivity contribution is -0.114. The van der Waals surface area contributed by atoms with Gasteiger partial charge in [0.25, 0.3) is 0 Å². The molecule has 3 rings (SSSR count). The smallest absolute Gasteiger partial charge is 0.249 e. The van der Waals surface area contributed by atoms with Crippen molar-refractivity contribution in [2.24, 2.45) is 0 Å². The molecule has 0 saturated carbocycles. The largest absolute Gasteiger partial charge is 0.306 e. The second kappa shape index (κ2) is 6.18. The fraction of sp³-hybridized carbons (Fsp3) is 0.286. The number of imidazole rings is 1. The van der Waals surface area contributed by atoms with Gasteiger partial charge in [-0.25, -0.2) is 9.66 Å².